The maximum atomic E-state index is 13.2. The zero-order valence-corrected chi connectivity index (χ0v) is 18.7. The number of fused-ring (bicyclic) bond motifs is 1. The molecule has 2 heterocycles. The van der Waals surface area contributed by atoms with Crippen LogP contribution in [0.1, 0.15) is 15.9 Å². The van der Waals surface area contributed by atoms with E-state index in [2.05, 4.69) is 5.16 Å². The molecule has 1 fully saturated rings. The first-order chi connectivity index (χ1) is 16.0. The first kappa shape index (κ1) is 21.4. The molecule has 1 aliphatic rings. The molecule has 8 heteroatoms. The van der Waals surface area contributed by atoms with Crippen molar-refractivity contribution < 1.29 is 17.7 Å². The molecule has 1 amide bonds. The minimum Gasteiger partial charge on any atom is -0.355 e. The number of amides is 1. The molecule has 3 aromatic carbocycles. The lowest BCUT2D eigenvalue weighted by Gasteiger charge is -2.34. The lowest BCUT2D eigenvalue weighted by molar-refractivity contribution is 0.0698. The van der Waals surface area contributed by atoms with Crippen LogP contribution in [0.5, 0.6) is 0 Å². The van der Waals surface area contributed by atoms with Gasteiger partial charge in [0.15, 0.2) is 5.76 Å². The maximum Gasteiger partial charge on any atom is 0.253 e. The molecular formula is C25H23N3O4S. The molecular weight excluding hydrogens is 438 g/mol. The van der Waals surface area contributed by atoms with Gasteiger partial charge in [-0.3, -0.25) is 4.79 Å². The van der Waals surface area contributed by atoms with Crippen molar-refractivity contribution in [1.82, 2.24) is 14.4 Å². The SMILES string of the molecule is O=C(c1ccc2noc(-c3ccccc3)c2c1)N1CCN(S(=O)(=O)Cc2ccccc2)CC1. The number of benzene rings is 3. The third-order valence-electron chi connectivity index (χ3n) is 5.87. The Balaban J connectivity index is 1.30. The van der Waals surface area contributed by atoms with Gasteiger partial charge >= 0.3 is 0 Å². The minimum absolute atomic E-state index is 0.0335. The lowest BCUT2D eigenvalue weighted by Crippen LogP contribution is -2.50. The Morgan fingerprint density at radius 3 is 2.24 bits per heavy atom. The van der Waals surface area contributed by atoms with Crippen LogP contribution in [0.15, 0.2) is 83.4 Å². The summed E-state index contributed by atoms with van der Waals surface area (Å²) in [6.07, 6.45) is 0. The highest BCUT2D eigenvalue weighted by atomic mass is 32.2. The van der Waals surface area contributed by atoms with Crippen molar-refractivity contribution in [2.45, 2.75) is 5.75 Å². The quantitative estimate of drug-likeness (QED) is 0.452. The number of sulfonamides is 1. The van der Waals surface area contributed by atoms with Gasteiger partial charge in [0.25, 0.3) is 5.91 Å². The van der Waals surface area contributed by atoms with E-state index in [1.54, 1.807) is 23.1 Å². The summed E-state index contributed by atoms with van der Waals surface area (Å²) < 4.78 is 32.6. The van der Waals surface area contributed by atoms with E-state index in [1.165, 1.54) is 4.31 Å². The highest BCUT2D eigenvalue weighted by molar-refractivity contribution is 7.88. The van der Waals surface area contributed by atoms with E-state index in [0.717, 1.165) is 16.5 Å². The number of piperazine rings is 1. The van der Waals surface area contributed by atoms with Crippen molar-refractivity contribution in [1.29, 1.82) is 0 Å². The molecule has 0 saturated carbocycles. The zero-order chi connectivity index (χ0) is 22.8. The van der Waals surface area contributed by atoms with Crippen molar-refractivity contribution >= 4 is 26.8 Å². The highest BCUT2D eigenvalue weighted by Gasteiger charge is 2.29. The fourth-order valence-corrected chi connectivity index (χ4v) is 5.62. The van der Waals surface area contributed by atoms with Crippen molar-refractivity contribution in [3.05, 3.63) is 90.0 Å². The van der Waals surface area contributed by atoms with E-state index in [1.807, 2.05) is 60.7 Å². The third-order valence-corrected chi connectivity index (χ3v) is 7.72. The van der Waals surface area contributed by atoms with Crippen LogP contribution in [0.4, 0.5) is 0 Å². The van der Waals surface area contributed by atoms with Crippen LogP contribution in [0.25, 0.3) is 22.2 Å². The minimum atomic E-state index is -3.43. The Hall–Kier alpha value is -3.49. The summed E-state index contributed by atoms with van der Waals surface area (Å²) in [5, 5.41) is 4.88. The summed E-state index contributed by atoms with van der Waals surface area (Å²) in [6.45, 7) is 1.26. The molecule has 0 unspecified atom stereocenters. The summed E-state index contributed by atoms with van der Waals surface area (Å²) in [5.41, 5.74) is 2.86. The van der Waals surface area contributed by atoms with E-state index >= 15 is 0 Å². The summed E-state index contributed by atoms with van der Waals surface area (Å²) in [4.78, 5) is 14.9. The van der Waals surface area contributed by atoms with Gasteiger partial charge in [-0.25, -0.2) is 8.42 Å². The number of carbonyl (C=O) groups is 1. The molecule has 1 aliphatic heterocycles. The molecule has 0 radical (unpaired) electrons. The average molecular weight is 462 g/mol. The molecule has 0 spiro atoms. The largest absolute Gasteiger partial charge is 0.355 e. The van der Waals surface area contributed by atoms with E-state index in [-0.39, 0.29) is 24.7 Å². The van der Waals surface area contributed by atoms with Crippen LogP contribution in [-0.4, -0.2) is 54.9 Å². The smallest absolute Gasteiger partial charge is 0.253 e. The number of rotatable bonds is 5. The van der Waals surface area contributed by atoms with Gasteiger partial charge < -0.3 is 9.42 Å². The van der Waals surface area contributed by atoms with Crippen molar-refractivity contribution in [3.8, 4) is 11.3 Å². The van der Waals surface area contributed by atoms with Crippen LogP contribution in [-0.2, 0) is 15.8 Å². The Morgan fingerprint density at radius 2 is 1.55 bits per heavy atom. The van der Waals surface area contributed by atoms with E-state index < -0.39 is 10.0 Å². The molecule has 0 bridgehead atoms. The van der Waals surface area contributed by atoms with E-state index in [4.69, 9.17) is 4.52 Å². The maximum absolute atomic E-state index is 13.2. The van der Waals surface area contributed by atoms with Crippen LogP contribution < -0.4 is 0 Å². The fourth-order valence-electron chi connectivity index (χ4n) is 4.10. The predicted octanol–water partition coefficient (Wildman–Crippen LogP) is 3.78. The fraction of sp³-hybridized carbons (Fsp3) is 0.200. The number of aromatic nitrogens is 1. The summed E-state index contributed by atoms with van der Waals surface area (Å²) >= 11 is 0. The number of nitrogens with zero attached hydrogens (tertiary/aromatic N) is 3. The van der Waals surface area contributed by atoms with Gasteiger partial charge in [0.1, 0.15) is 5.52 Å². The zero-order valence-electron chi connectivity index (χ0n) is 17.9. The average Bonchev–Trinajstić information content (AvgIpc) is 3.28. The van der Waals surface area contributed by atoms with Crippen molar-refractivity contribution in [3.63, 3.8) is 0 Å². The van der Waals surface area contributed by atoms with E-state index in [9.17, 15) is 13.2 Å². The molecule has 5 rings (SSSR count). The van der Waals surface area contributed by atoms with E-state index in [0.29, 0.717) is 29.9 Å². The third kappa shape index (κ3) is 4.40. The first-order valence-corrected chi connectivity index (χ1v) is 12.4. The normalized spacial score (nSPS) is 15.1. The van der Waals surface area contributed by atoms with Crippen LogP contribution in [0.3, 0.4) is 0 Å². The molecule has 0 aliphatic carbocycles. The molecule has 1 saturated heterocycles. The first-order valence-electron chi connectivity index (χ1n) is 10.8. The lowest BCUT2D eigenvalue weighted by atomic mass is 10.1. The predicted molar refractivity (Wildman–Crippen MR) is 126 cm³/mol. The second kappa shape index (κ2) is 8.80. The van der Waals surface area contributed by atoms with Gasteiger partial charge in [-0.2, -0.15) is 4.31 Å². The molecule has 168 valence electrons. The molecule has 33 heavy (non-hydrogen) atoms. The Bertz CT molecular complexity index is 1380. The van der Waals surface area contributed by atoms with Gasteiger partial charge in [-0.15, -0.1) is 0 Å². The van der Waals surface area contributed by atoms with Gasteiger partial charge in [-0.05, 0) is 23.8 Å². The topological polar surface area (TPSA) is 83.7 Å². The van der Waals surface area contributed by atoms with Crippen LogP contribution in [0.2, 0.25) is 0 Å². The Morgan fingerprint density at radius 1 is 0.879 bits per heavy atom. The number of carbonyl (C=O) groups excluding carboxylic acids is 1. The second-order valence-electron chi connectivity index (χ2n) is 8.04. The van der Waals surface area contributed by atoms with Crippen molar-refractivity contribution in [2.24, 2.45) is 0 Å². The van der Waals surface area contributed by atoms with Gasteiger partial charge in [-0.1, -0.05) is 65.8 Å². The second-order valence-corrected chi connectivity index (χ2v) is 10.0. The monoisotopic (exact) mass is 461 g/mol. The van der Waals surface area contributed by atoms with Crippen LogP contribution >= 0.6 is 0 Å². The number of hydrogen-bond donors (Lipinski definition) is 0. The van der Waals surface area contributed by atoms with Gasteiger partial charge in [0.05, 0.1) is 11.1 Å². The molecule has 0 atom stereocenters. The van der Waals surface area contributed by atoms with Gasteiger partial charge in [0.2, 0.25) is 10.0 Å². The standard InChI is InChI=1S/C25H23N3O4S/c29-25(21-11-12-23-22(17-21)24(32-26-23)20-9-5-2-6-10-20)27-13-15-28(16-14-27)33(30,31)18-19-7-3-1-4-8-19/h1-12,17H,13-16,18H2. The van der Waals surface area contributed by atoms with Crippen LogP contribution in [0, 0.1) is 0 Å². The molecule has 4 aromatic rings. The van der Waals surface area contributed by atoms with Gasteiger partial charge in [0, 0.05) is 37.3 Å². The molecule has 0 N–H and O–H groups in total. The number of hydrogen-bond acceptors (Lipinski definition) is 5. The highest BCUT2D eigenvalue weighted by Crippen LogP contribution is 2.29. The summed E-state index contributed by atoms with van der Waals surface area (Å²) in [7, 11) is -3.43. The van der Waals surface area contributed by atoms with Crippen molar-refractivity contribution in [2.75, 3.05) is 26.2 Å². The molecule has 1 aromatic heterocycles. The Kier molecular flexibility index (Phi) is 5.70. The summed E-state index contributed by atoms with van der Waals surface area (Å²) in [6, 6.07) is 24.1. The summed E-state index contributed by atoms with van der Waals surface area (Å²) in [5.74, 6) is 0.461. The molecule has 7 nitrogen and oxygen atoms in total. The Labute approximate surface area is 192 Å².